The van der Waals surface area contributed by atoms with Crippen LogP contribution in [0.4, 0.5) is 51.7 Å². The standard InChI is InChI=1S/C13H11BrN4.C12H8BrFN4.C11H6BrF2N5.2C11H7BrFN5/c1-8-7-18-12(16-8)10(14)11(17-13(18)15)9-5-3-2-4-6-9;13-9-10(7-1-3-8(14)4-2-7)17-12(15)18-6-5-16-11(9)18;12-8-9(6-2-1-5(13)3-7(6)14)17-11(15)19-4-16-18-10(8)19;12-8-9(6-2-1-3-7(13)4-6)16-11(14)18-5-15-17-10(8)18;12-8-9(6-3-1-2-4-7(6)13)16-11(14)18-5-15-17-10(8)18/h2-7H,1H3,(H2,15,17);1-6H,(H2,15,17);1-4H,(H2,15,17);2*1-5H,(H2,14,16). The maximum Gasteiger partial charge on any atom is 0.207 e. The second-order valence-electron chi connectivity index (χ2n) is 18.9. The molecule has 0 spiro atoms. The van der Waals surface area contributed by atoms with Crippen molar-refractivity contribution in [3.05, 3.63) is 216 Å². The van der Waals surface area contributed by atoms with E-state index in [0.29, 0.717) is 76.1 Å². The average Bonchev–Trinajstić information content (AvgIpc) is 2.16. The van der Waals surface area contributed by atoms with E-state index in [0.717, 1.165) is 49.2 Å². The van der Waals surface area contributed by atoms with Crippen molar-refractivity contribution in [2.24, 2.45) is 0 Å². The quantitative estimate of drug-likeness (QED) is 0.1000. The molecule has 0 saturated carbocycles. The monoisotopic (exact) mass is 1550 g/mol. The third-order valence-corrected chi connectivity index (χ3v) is 16.7. The van der Waals surface area contributed by atoms with E-state index in [4.69, 9.17) is 28.7 Å². The number of hydrogen-bond acceptors (Lipinski definition) is 18. The topological polar surface area (TPSA) is 320 Å². The number of nitrogens with zero attached hydrogens (tertiary/aromatic N) is 18. The summed E-state index contributed by atoms with van der Waals surface area (Å²) in [6.07, 6.45) is 9.57. The average molecular weight is 1550 g/mol. The summed E-state index contributed by atoms with van der Waals surface area (Å²) in [4.78, 5) is 29.9. The van der Waals surface area contributed by atoms with Crippen LogP contribution in [0.2, 0.25) is 0 Å². The number of anilines is 5. The Kier molecular flexibility index (Phi) is 18.3. The normalized spacial score (nSPS) is 11.0. The minimum Gasteiger partial charge on any atom is -0.369 e. The van der Waals surface area contributed by atoms with Gasteiger partial charge in [-0.05, 0) is 147 Å². The molecule has 0 bridgehead atoms. The van der Waals surface area contributed by atoms with E-state index in [-0.39, 0.29) is 46.6 Å². The van der Waals surface area contributed by atoms with Gasteiger partial charge in [0.2, 0.25) is 29.7 Å². The van der Waals surface area contributed by atoms with Crippen molar-refractivity contribution in [2.45, 2.75) is 6.92 Å². The second kappa shape index (κ2) is 26.6. The molecule has 0 atom stereocenters. The van der Waals surface area contributed by atoms with E-state index >= 15 is 0 Å². The maximum absolute atomic E-state index is 13.8. The number of aromatic nitrogens is 18. The fourth-order valence-corrected chi connectivity index (χ4v) is 11.8. The van der Waals surface area contributed by atoms with Crippen LogP contribution < -0.4 is 28.7 Å². The maximum atomic E-state index is 13.8. The molecular formula is C58H39Br5F5N23. The van der Waals surface area contributed by atoms with E-state index in [1.54, 1.807) is 68.1 Å². The van der Waals surface area contributed by atoms with Crippen LogP contribution in [0.15, 0.2) is 181 Å². The minimum absolute atomic E-state index is 0.113. The Bertz CT molecular complexity index is 5200. The molecule has 0 aliphatic heterocycles. The van der Waals surface area contributed by atoms with E-state index < -0.39 is 11.6 Å². The van der Waals surface area contributed by atoms with Crippen LogP contribution >= 0.6 is 79.6 Å². The number of aryl methyl sites for hydroxylation is 1. The summed E-state index contributed by atoms with van der Waals surface area (Å²) < 4.78 is 77.8. The molecule has 10 heterocycles. The van der Waals surface area contributed by atoms with Gasteiger partial charge in [0.05, 0.1) is 56.5 Å². The molecule has 456 valence electrons. The van der Waals surface area contributed by atoms with Crippen molar-refractivity contribution in [3.63, 3.8) is 0 Å². The predicted molar refractivity (Wildman–Crippen MR) is 351 cm³/mol. The Balaban J connectivity index is 0.000000117. The van der Waals surface area contributed by atoms with Gasteiger partial charge in [0, 0.05) is 52.5 Å². The van der Waals surface area contributed by atoms with E-state index in [9.17, 15) is 22.0 Å². The van der Waals surface area contributed by atoms with Gasteiger partial charge in [-0.25, -0.2) is 56.8 Å². The molecule has 15 aromatic rings. The molecule has 0 aliphatic rings. The first-order valence-corrected chi connectivity index (χ1v) is 30.0. The lowest BCUT2D eigenvalue weighted by Gasteiger charge is -2.08. The summed E-state index contributed by atoms with van der Waals surface area (Å²) in [6, 6.07) is 31.7. The zero-order chi connectivity index (χ0) is 64.4. The van der Waals surface area contributed by atoms with Crippen molar-refractivity contribution < 1.29 is 22.0 Å². The third-order valence-electron chi connectivity index (χ3n) is 13.1. The molecule has 10 aromatic heterocycles. The summed E-state index contributed by atoms with van der Waals surface area (Å²) in [5, 5.41) is 22.9. The molecule has 0 fully saturated rings. The molecule has 15 rings (SSSR count). The highest BCUT2D eigenvalue weighted by molar-refractivity contribution is 9.11. The number of hydrogen-bond donors (Lipinski definition) is 5. The number of nitrogens with two attached hydrogens (primary N) is 5. The van der Waals surface area contributed by atoms with Crippen LogP contribution in [0.5, 0.6) is 0 Å². The van der Waals surface area contributed by atoms with Crippen LogP contribution in [0, 0.1) is 36.0 Å². The molecule has 0 amide bonds. The fraction of sp³-hybridized carbons (Fsp3) is 0.0172. The Labute approximate surface area is 551 Å². The van der Waals surface area contributed by atoms with Gasteiger partial charge >= 0.3 is 0 Å². The summed E-state index contributed by atoms with van der Waals surface area (Å²) in [5.74, 6) is -1.03. The lowest BCUT2D eigenvalue weighted by Crippen LogP contribution is -2.03. The highest BCUT2D eigenvalue weighted by atomic mass is 79.9. The van der Waals surface area contributed by atoms with Crippen LogP contribution in [-0.2, 0) is 0 Å². The van der Waals surface area contributed by atoms with Crippen LogP contribution in [0.1, 0.15) is 5.69 Å². The lowest BCUT2D eigenvalue weighted by atomic mass is 10.1. The van der Waals surface area contributed by atoms with Crippen LogP contribution in [0.25, 0.3) is 84.5 Å². The van der Waals surface area contributed by atoms with Gasteiger partial charge in [-0.1, -0.05) is 54.6 Å². The fourth-order valence-electron chi connectivity index (χ4n) is 8.86. The zero-order valence-corrected chi connectivity index (χ0v) is 54.2. The molecule has 91 heavy (non-hydrogen) atoms. The highest BCUT2D eigenvalue weighted by Gasteiger charge is 2.21. The first-order valence-electron chi connectivity index (χ1n) is 26.1. The van der Waals surface area contributed by atoms with Gasteiger partial charge < -0.3 is 28.7 Å². The Morgan fingerprint density at radius 3 is 1.34 bits per heavy atom. The summed E-state index contributed by atoms with van der Waals surface area (Å²) in [6.45, 7) is 1.93. The van der Waals surface area contributed by atoms with Gasteiger partial charge in [-0.2, -0.15) is 0 Å². The molecule has 0 saturated heterocycles. The second-order valence-corrected chi connectivity index (χ2v) is 22.9. The molecule has 0 radical (unpaired) electrons. The molecule has 0 aliphatic carbocycles. The van der Waals surface area contributed by atoms with Crippen LogP contribution in [0.3, 0.4) is 0 Å². The number of fused-ring (bicyclic) bond motifs is 5. The summed E-state index contributed by atoms with van der Waals surface area (Å²) >= 11 is 17.1. The van der Waals surface area contributed by atoms with Gasteiger partial charge in [0.25, 0.3) is 0 Å². The molecule has 33 heteroatoms. The lowest BCUT2D eigenvalue weighted by molar-refractivity contribution is 0.585. The van der Waals surface area contributed by atoms with Crippen molar-refractivity contribution in [1.82, 2.24) is 87.5 Å². The first-order chi connectivity index (χ1) is 43.8. The molecule has 5 aromatic carbocycles. The number of rotatable bonds is 5. The molecule has 0 unspecified atom stereocenters. The van der Waals surface area contributed by atoms with Crippen LogP contribution in [-0.4, -0.2) is 87.5 Å². The van der Waals surface area contributed by atoms with Gasteiger partial charge in [-0.15, -0.1) is 30.6 Å². The largest absolute Gasteiger partial charge is 0.369 e. The number of halogens is 10. The Morgan fingerprint density at radius 2 is 0.791 bits per heavy atom. The summed E-state index contributed by atoms with van der Waals surface area (Å²) in [7, 11) is 0. The highest BCUT2D eigenvalue weighted by Crippen LogP contribution is 2.36. The predicted octanol–water partition coefficient (Wildman–Crippen LogP) is 12.9. The summed E-state index contributed by atoms with van der Waals surface area (Å²) in [5.41, 5.74) is 38.5. The van der Waals surface area contributed by atoms with Gasteiger partial charge in [0.1, 0.15) is 48.1 Å². The zero-order valence-electron chi connectivity index (χ0n) is 46.2. The molecule has 10 N–H and O–H groups in total. The van der Waals surface area contributed by atoms with Crippen molar-refractivity contribution in [1.29, 1.82) is 0 Å². The molecule has 23 nitrogen and oxygen atoms in total. The number of nitrogen functional groups attached to an aromatic ring is 5. The third kappa shape index (κ3) is 12.9. The number of benzene rings is 5. The van der Waals surface area contributed by atoms with Gasteiger partial charge in [0.15, 0.2) is 28.2 Å². The first kappa shape index (κ1) is 62.6. The SMILES string of the molecule is Cc1cn2c(N)nc(-c3ccccc3)c(Br)c2n1.Nc1nc(-c2ccc(F)cc2)c(Br)c2nccn12.Nc1nc(-c2ccc(F)cc2F)c(Br)c2nncn12.Nc1nc(-c2cccc(F)c2)c(Br)c2nncn12.Nc1nc(-c2ccccc2F)c(Br)c2nncn12. The van der Waals surface area contributed by atoms with E-state index in [2.05, 4.69) is 145 Å². The number of imidazole rings is 2. The Morgan fingerprint density at radius 1 is 0.363 bits per heavy atom. The minimum atomic E-state index is -0.725. The Hall–Kier alpha value is -9.96. The van der Waals surface area contributed by atoms with Crippen molar-refractivity contribution in [3.8, 4) is 56.3 Å². The van der Waals surface area contributed by atoms with E-state index in [1.807, 2.05) is 43.5 Å². The molecular weight excluding hydrogens is 1510 g/mol. The van der Waals surface area contributed by atoms with Crippen molar-refractivity contribution in [2.75, 3.05) is 28.7 Å². The van der Waals surface area contributed by atoms with Crippen molar-refractivity contribution >= 4 is 138 Å². The van der Waals surface area contributed by atoms with E-state index in [1.165, 1.54) is 64.2 Å². The van der Waals surface area contributed by atoms with Gasteiger partial charge in [-0.3, -0.25) is 22.0 Å². The smallest absolute Gasteiger partial charge is 0.207 e.